The molecule has 0 unspecified atom stereocenters. The minimum absolute atomic E-state index is 0.334. The minimum atomic E-state index is 0.334. The number of benzene rings is 1. The van der Waals surface area contributed by atoms with Crippen molar-refractivity contribution in [2.75, 3.05) is 32.2 Å². The lowest BCUT2D eigenvalue weighted by atomic mass is 10.2. The first-order valence-electron chi connectivity index (χ1n) is 5.68. The van der Waals surface area contributed by atoms with Gasteiger partial charge in [0.25, 0.3) is 0 Å². The number of rotatable bonds is 6. The van der Waals surface area contributed by atoms with Gasteiger partial charge in [-0.25, -0.2) is 0 Å². The Bertz CT molecular complexity index is 342. The molecule has 0 atom stereocenters. The van der Waals surface area contributed by atoms with Crippen LogP contribution in [0.3, 0.4) is 0 Å². The van der Waals surface area contributed by atoms with Crippen molar-refractivity contribution in [2.45, 2.75) is 12.8 Å². The minimum Gasteiger partial charge on any atom is -0.454 e. The van der Waals surface area contributed by atoms with E-state index in [-0.39, 0.29) is 0 Å². The SMILES string of the molecule is CNCCCCNc1ccc2c(c1)OCO2. The van der Waals surface area contributed by atoms with Crippen LogP contribution in [0.25, 0.3) is 0 Å². The molecule has 0 spiro atoms. The number of hydrogen-bond acceptors (Lipinski definition) is 4. The molecule has 4 heteroatoms. The van der Waals surface area contributed by atoms with E-state index in [9.17, 15) is 0 Å². The van der Waals surface area contributed by atoms with Crippen molar-refractivity contribution in [1.82, 2.24) is 5.32 Å². The van der Waals surface area contributed by atoms with Gasteiger partial charge in [-0.3, -0.25) is 0 Å². The molecule has 0 amide bonds. The fourth-order valence-electron chi connectivity index (χ4n) is 1.67. The smallest absolute Gasteiger partial charge is 0.231 e. The molecule has 1 aliphatic rings. The van der Waals surface area contributed by atoms with Gasteiger partial charge in [-0.15, -0.1) is 0 Å². The van der Waals surface area contributed by atoms with Crippen LogP contribution in [-0.4, -0.2) is 26.9 Å². The Morgan fingerprint density at radius 1 is 1.12 bits per heavy atom. The van der Waals surface area contributed by atoms with E-state index in [1.54, 1.807) is 0 Å². The van der Waals surface area contributed by atoms with Crippen LogP contribution in [0.1, 0.15) is 12.8 Å². The standard InChI is InChI=1S/C12H18N2O2/c1-13-6-2-3-7-14-10-4-5-11-12(8-10)16-9-15-11/h4-5,8,13-14H,2-3,6-7,9H2,1H3. The van der Waals surface area contributed by atoms with E-state index in [4.69, 9.17) is 9.47 Å². The van der Waals surface area contributed by atoms with Crippen molar-refractivity contribution in [2.24, 2.45) is 0 Å². The van der Waals surface area contributed by atoms with E-state index in [1.165, 1.54) is 6.42 Å². The number of fused-ring (bicyclic) bond motifs is 1. The summed E-state index contributed by atoms with van der Waals surface area (Å²) in [6.45, 7) is 2.39. The van der Waals surface area contributed by atoms with Gasteiger partial charge in [0.2, 0.25) is 6.79 Å². The predicted octanol–water partition coefficient (Wildman–Crippen LogP) is 1.83. The first-order chi connectivity index (χ1) is 7.90. The Kier molecular flexibility index (Phi) is 3.88. The fourth-order valence-corrected chi connectivity index (χ4v) is 1.67. The van der Waals surface area contributed by atoms with Gasteiger partial charge >= 0.3 is 0 Å². The Labute approximate surface area is 95.9 Å². The highest BCUT2D eigenvalue weighted by atomic mass is 16.7. The summed E-state index contributed by atoms with van der Waals surface area (Å²) in [6, 6.07) is 5.95. The van der Waals surface area contributed by atoms with Gasteiger partial charge < -0.3 is 20.1 Å². The van der Waals surface area contributed by atoms with E-state index < -0.39 is 0 Å². The summed E-state index contributed by atoms with van der Waals surface area (Å²) in [7, 11) is 1.98. The first kappa shape index (κ1) is 11.1. The zero-order chi connectivity index (χ0) is 11.2. The van der Waals surface area contributed by atoms with Gasteiger partial charge in [0.1, 0.15) is 0 Å². The third-order valence-corrected chi connectivity index (χ3v) is 2.56. The van der Waals surface area contributed by atoms with Crippen LogP contribution in [0.5, 0.6) is 11.5 Å². The predicted molar refractivity (Wildman–Crippen MR) is 64.2 cm³/mol. The van der Waals surface area contributed by atoms with Crippen LogP contribution in [0, 0.1) is 0 Å². The zero-order valence-corrected chi connectivity index (χ0v) is 9.58. The lowest BCUT2D eigenvalue weighted by Crippen LogP contribution is -2.10. The highest BCUT2D eigenvalue weighted by Gasteiger charge is 2.12. The Hall–Kier alpha value is -1.42. The van der Waals surface area contributed by atoms with Gasteiger partial charge in [0.15, 0.2) is 11.5 Å². The van der Waals surface area contributed by atoms with Crippen LogP contribution in [0.2, 0.25) is 0 Å². The number of ether oxygens (including phenoxy) is 2. The average molecular weight is 222 g/mol. The van der Waals surface area contributed by atoms with Crippen molar-refractivity contribution >= 4 is 5.69 Å². The number of nitrogens with one attached hydrogen (secondary N) is 2. The molecule has 88 valence electrons. The van der Waals surface area contributed by atoms with Crippen molar-refractivity contribution in [3.05, 3.63) is 18.2 Å². The van der Waals surface area contributed by atoms with Gasteiger partial charge in [-0.1, -0.05) is 0 Å². The van der Waals surface area contributed by atoms with E-state index in [2.05, 4.69) is 10.6 Å². The van der Waals surface area contributed by atoms with Crippen molar-refractivity contribution in [3.8, 4) is 11.5 Å². The van der Waals surface area contributed by atoms with E-state index in [0.29, 0.717) is 6.79 Å². The number of hydrogen-bond donors (Lipinski definition) is 2. The van der Waals surface area contributed by atoms with Crippen LogP contribution >= 0.6 is 0 Å². The van der Waals surface area contributed by atoms with Gasteiger partial charge in [-0.05, 0) is 38.6 Å². The third kappa shape index (κ3) is 2.79. The lowest BCUT2D eigenvalue weighted by Gasteiger charge is -2.06. The van der Waals surface area contributed by atoms with Crippen LogP contribution in [-0.2, 0) is 0 Å². The van der Waals surface area contributed by atoms with Crippen molar-refractivity contribution < 1.29 is 9.47 Å². The van der Waals surface area contributed by atoms with Crippen LogP contribution < -0.4 is 20.1 Å². The van der Waals surface area contributed by atoms with E-state index in [1.807, 2.05) is 25.2 Å². The summed E-state index contributed by atoms with van der Waals surface area (Å²) in [4.78, 5) is 0. The summed E-state index contributed by atoms with van der Waals surface area (Å²) in [5, 5.41) is 6.51. The van der Waals surface area contributed by atoms with Gasteiger partial charge in [-0.2, -0.15) is 0 Å². The molecule has 1 aromatic carbocycles. The fraction of sp³-hybridized carbons (Fsp3) is 0.500. The maximum atomic E-state index is 5.31. The second-order valence-electron chi connectivity index (χ2n) is 3.81. The largest absolute Gasteiger partial charge is 0.454 e. The zero-order valence-electron chi connectivity index (χ0n) is 9.58. The monoisotopic (exact) mass is 222 g/mol. The molecule has 4 nitrogen and oxygen atoms in total. The molecule has 1 heterocycles. The second kappa shape index (κ2) is 5.61. The quantitative estimate of drug-likeness (QED) is 0.721. The number of unbranched alkanes of at least 4 members (excludes halogenated alkanes) is 1. The molecule has 1 aliphatic heterocycles. The molecule has 0 aromatic heterocycles. The summed E-state index contributed by atoms with van der Waals surface area (Å²) in [5.74, 6) is 1.67. The summed E-state index contributed by atoms with van der Waals surface area (Å²) < 4.78 is 10.6. The molecule has 16 heavy (non-hydrogen) atoms. The molecule has 0 fully saturated rings. The van der Waals surface area contributed by atoms with Gasteiger partial charge in [0, 0.05) is 18.3 Å². The molecule has 0 saturated carbocycles. The Balaban J connectivity index is 1.77. The van der Waals surface area contributed by atoms with E-state index in [0.717, 1.165) is 36.7 Å². The average Bonchev–Trinajstić information content (AvgIpc) is 2.76. The molecular weight excluding hydrogens is 204 g/mol. The third-order valence-electron chi connectivity index (χ3n) is 2.56. The van der Waals surface area contributed by atoms with Crippen LogP contribution in [0.4, 0.5) is 5.69 Å². The molecular formula is C12H18N2O2. The molecule has 0 aliphatic carbocycles. The van der Waals surface area contributed by atoms with Crippen LogP contribution in [0.15, 0.2) is 18.2 Å². The Morgan fingerprint density at radius 3 is 2.81 bits per heavy atom. The molecule has 0 radical (unpaired) electrons. The maximum Gasteiger partial charge on any atom is 0.231 e. The van der Waals surface area contributed by atoms with Gasteiger partial charge in [0.05, 0.1) is 0 Å². The molecule has 2 N–H and O–H groups in total. The molecule has 1 aromatic rings. The highest BCUT2D eigenvalue weighted by Crippen LogP contribution is 2.34. The normalized spacial score (nSPS) is 12.8. The topological polar surface area (TPSA) is 42.5 Å². The highest BCUT2D eigenvalue weighted by molar-refractivity contribution is 5.55. The maximum absolute atomic E-state index is 5.31. The molecule has 0 bridgehead atoms. The van der Waals surface area contributed by atoms with Crippen molar-refractivity contribution in [3.63, 3.8) is 0 Å². The molecule has 0 saturated heterocycles. The summed E-state index contributed by atoms with van der Waals surface area (Å²) >= 11 is 0. The summed E-state index contributed by atoms with van der Waals surface area (Å²) in [5.41, 5.74) is 1.09. The lowest BCUT2D eigenvalue weighted by molar-refractivity contribution is 0.174. The summed E-state index contributed by atoms with van der Waals surface area (Å²) in [6.07, 6.45) is 2.35. The number of anilines is 1. The second-order valence-corrected chi connectivity index (χ2v) is 3.81. The van der Waals surface area contributed by atoms with E-state index >= 15 is 0 Å². The van der Waals surface area contributed by atoms with Crippen molar-refractivity contribution in [1.29, 1.82) is 0 Å². The molecule has 2 rings (SSSR count). The first-order valence-corrected chi connectivity index (χ1v) is 5.68. The Morgan fingerprint density at radius 2 is 1.94 bits per heavy atom.